The van der Waals surface area contributed by atoms with E-state index in [2.05, 4.69) is 15.6 Å². The number of carbonyl (C=O) groups is 2. The molecule has 0 saturated heterocycles. The van der Waals surface area contributed by atoms with Crippen molar-refractivity contribution in [1.82, 2.24) is 10.3 Å². The highest BCUT2D eigenvalue weighted by molar-refractivity contribution is 7.16. The van der Waals surface area contributed by atoms with Crippen LogP contribution in [-0.2, 0) is 9.59 Å². The van der Waals surface area contributed by atoms with Crippen molar-refractivity contribution in [3.8, 4) is 17.0 Å². The fourth-order valence-electron chi connectivity index (χ4n) is 2.75. The Morgan fingerprint density at radius 2 is 1.81 bits per heavy atom. The Kier molecular flexibility index (Phi) is 7.15. The van der Waals surface area contributed by atoms with Gasteiger partial charge in [-0.2, -0.15) is 0 Å². The van der Waals surface area contributed by atoms with Crippen LogP contribution in [0.3, 0.4) is 0 Å². The van der Waals surface area contributed by atoms with Gasteiger partial charge < -0.3 is 15.4 Å². The van der Waals surface area contributed by atoms with E-state index >= 15 is 0 Å². The average Bonchev–Trinajstić information content (AvgIpc) is 3.13. The monoisotopic (exact) mass is 439 g/mol. The minimum absolute atomic E-state index is 0.323. The summed E-state index contributed by atoms with van der Waals surface area (Å²) in [6.07, 6.45) is 3.02. The Bertz CT molecular complexity index is 1090. The quantitative estimate of drug-likeness (QED) is 0.534. The number of rotatable bonds is 7. The van der Waals surface area contributed by atoms with E-state index in [1.165, 1.54) is 29.5 Å². The average molecular weight is 440 g/mol. The second-order valence-electron chi connectivity index (χ2n) is 6.76. The standard InChI is InChI=1S/C23H22FN3O3S/c1-14(25-20(28)13-6-16-4-11-19(30-3)12-5-16)22(29)27-23-26-21(15(2)31-23)17-7-9-18(24)10-8-17/h4-14H,1-3H3,(H,25,28)(H,26,27,29)/b13-6+. The van der Waals surface area contributed by atoms with E-state index in [1.807, 2.05) is 19.1 Å². The molecule has 1 atom stereocenters. The first kappa shape index (κ1) is 22.2. The first-order valence-corrected chi connectivity index (χ1v) is 10.3. The molecule has 2 amide bonds. The Labute approximate surface area is 183 Å². The van der Waals surface area contributed by atoms with Crippen LogP contribution < -0.4 is 15.4 Å². The predicted octanol–water partition coefficient (Wildman–Crippen LogP) is 4.42. The summed E-state index contributed by atoms with van der Waals surface area (Å²) in [5, 5.41) is 5.76. The number of amides is 2. The molecule has 31 heavy (non-hydrogen) atoms. The van der Waals surface area contributed by atoms with Gasteiger partial charge in [-0.3, -0.25) is 9.59 Å². The van der Waals surface area contributed by atoms with Gasteiger partial charge in [0, 0.05) is 16.5 Å². The maximum absolute atomic E-state index is 13.1. The van der Waals surface area contributed by atoms with Crippen molar-refractivity contribution < 1.29 is 18.7 Å². The minimum Gasteiger partial charge on any atom is -0.497 e. The van der Waals surface area contributed by atoms with Gasteiger partial charge in [0.25, 0.3) is 0 Å². The third-order valence-corrected chi connectivity index (χ3v) is 5.33. The summed E-state index contributed by atoms with van der Waals surface area (Å²) in [5.41, 5.74) is 2.28. The summed E-state index contributed by atoms with van der Waals surface area (Å²) in [6.45, 7) is 3.47. The molecule has 8 heteroatoms. The molecule has 2 N–H and O–H groups in total. The molecule has 1 aromatic heterocycles. The Morgan fingerprint density at radius 1 is 1.13 bits per heavy atom. The van der Waals surface area contributed by atoms with Gasteiger partial charge >= 0.3 is 0 Å². The lowest BCUT2D eigenvalue weighted by Gasteiger charge is -2.11. The summed E-state index contributed by atoms with van der Waals surface area (Å²) in [4.78, 5) is 29.9. The SMILES string of the molecule is COc1ccc(/C=C/C(=O)NC(C)C(=O)Nc2nc(-c3ccc(F)cc3)c(C)s2)cc1. The number of thiazole rings is 1. The van der Waals surface area contributed by atoms with Crippen LogP contribution in [0.25, 0.3) is 17.3 Å². The predicted molar refractivity (Wildman–Crippen MR) is 121 cm³/mol. The van der Waals surface area contributed by atoms with Gasteiger partial charge in [0.05, 0.1) is 12.8 Å². The van der Waals surface area contributed by atoms with Crippen molar-refractivity contribution in [1.29, 1.82) is 0 Å². The molecule has 0 radical (unpaired) electrons. The van der Waals surface area contributed by atoms with Gasteiger partial charge in [-0.05, 0) is 61.9 Å². The van der Waals surface area contributed by atoms with Gasteiger partial charge in [-0.1, -0.05) is 12.1 Å². The van der Waals surface area contributed by atoms with Gasteiger partial charge in [0.2, 0.25) is 11.8 Å². The van der Waals surface area contributed by atoms with Crippen LogP contribution in [0.2, 0.25) is 0 Å². The van der Waals surface area contributed by atoms with Crippen LogP contribution in [0.5, 0.6) is 5.75 Å². The van der Waals surface area contributed by atoms with E-state index in [-0.39, 0.29) is 17.6 Å². The van der Waals surface area contributed by atoms with Crippen LogP contribution in [0.15, 0.2) is 54.6 Å². The van der Waals surface area contributed by atoms with Crippen LogP contribution in [0.1, 0.15) is 17.4 Å². The topological polar surface area (TPSA) is 80.3 Å². The second kappa shape index (κ2) is 9.99. The number of methoxy groups -OCH3 is 1. The zero-order valence-corrected chi connectivity index (χ0v) is 18.1. The lowest BCUT2D eigenvalue weighted by molar-refractivity contribution is -0.123. The Hall–Kier alpha value is -3.52. The maximum Gasteiger partial charge on any atom is 0.248 e. The molecule has 6 nitrogen and oxygen atoms in total. The molecular formula is C23H22FN3O3S. The highest BCUT2D eigenvalue weighted by Crippen LogP contribution is 2.30. The summed E-state index contributed by atoms with van der Waals surface area (Å²) in [6, 6.07) is 12.5. The highest BCUT2D eigenvalue weighted by Gasteiger charge is 2.17. The van der Waals surface area contributed by atoms with Crippen LogP contribution in [-0.4, -0.2) is 29.9 Å². The van der Waals surface area contributed by atoms with E-state index in [1.54, 1.807) is 44.4 Å². The van der Waals surface area contributed by atoms with E-state index in [4.69, 9.17) is 4.74 Å². The highest BCUT2D eigenvalue weighted by atomic mass is 32.1. The smallest absolute Gasteiger partial charge is 0.248 e. The lowest BCUT2D eigenvalue weighted by atomic mass is 10.1. The van der Waals surface area contributed by atoms with Crippen LogP contribution in [0, 0.1) is 12.7 Å². The number of benzene rings is 2. The van der Waals surface area contributed by atoms with Gasteiger partial charge in [0.15, 0.2) is 5.13 Å². The molecule has 160 valence electrons. The fourth-order valence-corrected chi connectivity index (χ4v) is 3.59. The number of nitrogens with zero attached hydrogens (tertiary/aromatic N) is 1. The van der Waals surface area contributed by atoms with E-state index in [0.29, 0.717) is 10.8 Å². The summed E-state index contributed by atoms with van der Waals surface area (Å²) >= 11 is 1.31. The Morgan fingerprint density at radius 3 is 2.45 bits per heavy atom. The van der Waals surface area contributed by atoms with Crippen LogP contribution >= 0.6 is 11.3 Å². The minimum atomic E-state index is -0.758. The summed E-state index contributed by atoms with van der Waals surface area (Å²) in [5.74, 6) is -0.367. The van der Waals surface area contributed by atoms with Crippen molar-refractivity contribution in [3.63, 3.8) is 0 Å². The fraction of sp³-hybridized carbons (Fsp3) is 0.174. The van der Waals surface area contributed by atoms with Gasteiger partial charge in [0.1, 0.15) is 17.6 Å². The van der Waals surface area contributed by atoms with E-state index in [9.17, 15) is 14.0 Å². The Balaban J connectivity index is 1.57. The van der Waals surface area contributed by atoms with Gasteiger partial charge in [-0.25, -0.2) is 9.37 Å². The molecule has 0 aliphatic rings. The largest absolute Gasteiger partial charge is 0.497 e. The molecule has 0 spiro atoms. The second-order valence-corrected chi connectivity index (χ2v) is 7.96. The number of aromatic nitrogens is 1. The molecule has 3 aromatic rings. The third-order valence-electron chi connectivity index (χ3n) is 4.44. The molecule has 0 aliphatic carbocycles. The van der Waals surface area contributed by atoms with Crippen molar-refractivity contribution in [2.75, 3.05) is 12.4 Å². The molecular weight excluding hydrogens is 417 g/mol. The first-order valence-electron chi connectivity index (χ1n) is 9.52. The molecule has 0 saturated carbocycles. The lowest BCUT2D eigenvalue weighted by Crippen LogP contribution is -2.40. The number of carbonyl (C=O) groups excluding carboxylic acids is 2. The van der Waals surface area contributed by atoms with E-state index < -0.39 is 6.04 Å². The van der Waals surface area contributed by atoms with Crippen molar-refractivity contribution in [2.24, 2.45) is 0 Å². The molecule has 3 rings (SSSR count). The number of anilines is 1. The van der Waals surface area contributed by atoms with Crippen LogP contribution in [0.4, 0.5) is 9.52 Å². The zero-order valence-electron chi connectivity index (χ0n) is 17.3. The molecule has 2 aromatic carbocycles. The number of hydrogen-bond acceptors (Lipinski definition) is 5. The molecule has 0 bridgehead atoms. The normalized spacial score (nSPS) is 11.9. The summed E-state index contributed by atoms with van der Waals surface area (Å²) < 4.78 is 18.2. The number of aryl methyl sites for hydroxylation is 1. The molecule has 0 fully saturated rings. The van der Waals surface area contributed by atoms with E-state index in [0.717, 1.165) is 21.8 Å². The molecule has 1 unspecified atom stereocenters. The number of halogens is 1. The summed E-state index contributed by atoms with van der Waals surface area (Å²) in [7, 11) is 1.58. The molecule has 1 heterocycles. The maximum atomic E-state index is 13.1. The number of hydrogen-bond donors (Lipinski definition) is 2. The first-order chi connectivity index (χ1) is 14.9. The van der Waals surface area contributed by atoms with Gasteiger partial charge in [-0.15, -0.1) is 11.3 Å². The van der Waals surface area contributed by atoms with Crippen molar-refractivity contribution in [2.45, 2.75) is 19.9 Å². The number of nitrogens with one attached hydrogen (secondary N) is 2. The third kappa shape index (κ3) is 5.99. The molecule has 0 aliphatic heterocycles. The number of ether oxygens (including phenoxy) is 1. The van der Waals surface area contributed by atoms with Crippen molar-refractivity contribution in [3.05, 3.63) is 70.9 Å². The van der Waals surface area contributed by atoms with Crippen molar-refractivity contribution >= 4 is 34.4 Å². The zero-order chi connectivity index (χ0) is 22.4.